The Balaban J connectivity index is 0.00000300. The minimum absolute atomic E-state index is 0. The number of hydrogen-bond acceptors (Lipinski definition) is 5. The van der Waals surface area contributed by atoms with Crippen molar-refractivity contribution in [3.8, 4) is 0 Å². The number of nitrogens with zero attached hydrogens (tertiary/aromatic N) is 3. The average Bonchev–Trinajstić information content (AvgIpc) is 3.20. The molecule has 3 rings (SSSR count). The maximum absolute atomic E-state index is 6.13. The second-order valence-electron chi connectivity index (χ2n) is 8.06. The van der Waals surface area contributed by atoms with Gasteiger partial charge in [-0.05, 0) is 32.1 Å². The van der Waals surface area contributed by atoms with Gasteiger partial charge in [0.1, 0.15) is 0 Å². The minimum Gasteiger partial charge on any atom is -0.376 e. The van der Waals surface area contributed by atoms with Crippen molar-refractivity contribution in [2.45, 2.75) is 70.5 Å². The summed E-state index contributed by atoms with van der Waals surface area (Å²) in [5.41, 5.74) is 1.17. The van der Waals surface area contributed by atoms with Crippen LogP contribution in [0.3, 0.4) is 0 Å². The zero-order valence-electron chi connectivity index (χ0n) is 18.1. The molecule has 0 spiro atoms. The van der Waals surface area contributed by atoms with Crippen LogP contribution in [0.25, 0.3) is 0 Å². The second-order valence-corrected chi connectivity index (χ2v) is 8.95. The lowest BCUT2D eigenvalue weighted by molar-refractivity contribution is -0.0721. The summed E-state index contributed by atoms with van der Waals surface area (Å²) in [6.07, 6.45) is 7.31. The normalized spacial score (nSPS) is 21.3. The fourth-order valence-corrected chi connectivity index (χ4v) is 4.62. The zero-order chi connectivity index (χ0) is 19.8. The van der Waals surface area contributed by atoms with Gasteiger partial charge in [0.05, 0.1) is 29.5 Å². The summed E-state index contributed by atoms with van der Waals surface area (Å²) >= 11 is 1.76. The van der Waals surface area contributed by atoms with E-state index in [1.54, 1.807) is 11.3 Å². The first kappa shape index (κ1) is 24.8. The van der Waals surface area contributed by atoms with E-state index in [4.69, 9.17) is 14.5 Å². The van der Waals surface area contributed by atoms with E-state index in [9.17, 15) is 0 Å². The molecule has 2 saturated heterocycles. The summed E-state index contributed by atoms with van der Waals surface area (Å²) in [5, 5.41) is 6.91. The molecule has 166 valence electrons. The maximum atomic E-state index is 6.13. The Hall–Kier alpha value is -0.450. The van der Waals surface area contributed by atoms with Crippen molar-refractivity contribution in [3.63, 3.8) is 0 Å². The molecule has 2 aliphatic rings. The molecule has 1 aromatic heterocycles. The molecule has 0 radical (unpaired) electrons. The molecule has 2 fully saturated rings. The first-order chi connectivity index (χ1) is 13.7. The third-order valence-corrected chi connectivity index (χ3v) is 6.67. The monoisotopic (exact) mass is 536 g/mol. The summed E-state index contributed by atoms with van der Waals surface area (Å²) in [4.78, 5) is 11.5. The Kier molecular flexibility index (Phi) is 11.2. The van der Waals surface area contributed by atoms with Crippen LogP contribution in [0, 0.1) is 0 Å². The van der Waals surface area contributed by atoms with E-state index in [1.165, 1.54) is 23.5 Å². The number of aromatic nitrogens is 1. The topological polar surface area (TPSA) is 59.0 Å². The Morgan fingerprint density at radius 1 is 1.34 bits per heavy atom. The number of aliphatic imine (C=N–C) groups is 1. The van der Waals surface area contributed by atoms with E-state index in [1.807, 2.05) is 7.05 Å². The molecular formula is C21H37IN4O2S. The van der Waals surface area contributed by atoms with Gasteiger partial charge in [0.2, 0.25) is 0 Å². The highest BCUT2D eigenvalue weighted by Crippen LogP contribution is 2.20. The van der Waals surface area contributed by atoms with Gasteiger partial charge in [-0.1, -0.05) is 13.8 Å². The Morgan fingerprint density at radius 2 is 2.14 bits per heavy atom. The average molecular weight is 537 g/mol. The summed E-state index contributed by atoms with van der Waals surface area (Å²) < 4.78 is 11.9. The van der Waals surface area contributed by atoms with E-state index in [0.29, 0.717) is 18.1 Å². The van der Waals surface area contributed by atoms with E-state index >= 15 is 0 Å². The van der Waals surface area contributed by atoms with Gasteiger partial charge in [0.25, 0.3) is 0 Å². The van der Waals surface area contributed by atoms with Gasteiger partial charge in [-0.3, -0.25) is 4.99 Å². The number of nitrogens with one attached hydrogen (secondary N) is 1. The molecule has 1 unspecified atom stereocenters. The van der Waals surface area contributed by atoms with Gasteiger partial charge in [-0.25, -0.2) is 4.98 Å². The van der Waals surface area contributed by atoms with Crippen molar-refractivity contribution in [1.82, 2.24) is 15.2 Å². The van der Waals surface area contributed by atoms with E-state index in [-0.39, 0.29) is 24.0 Å². The molecule has 0 aromatic carbocycles. The highest BCUT2D eigenvalue weighted by atomic mass is 127. The van der Waals surface area contributed by atoms with Crippen molar-refractivity contribution >= 4 is 41.3 Å². The van der Waals surface area contributed by atoms with E-state index < -0.39 is 0 Å². The van der Waals surface area contributed by atoms with Crippen molar-refractivity contribution in [2.75, 3.05) is 39.9 Å². The van der Waals surface area contributed by atoms with Gasteiger partial charge >= 0.3 is 0 Å². The number of rotatable bonds is 7. The Bertz CT molecular complexity index is 612. The van der Waals surface area contributed by atoms with Crippen LogP contribution in [-0.2, 0) is 15.9 Å². The fraction of sp³-hybridized carbons (Fsp3) is 0.810. The van der Waals surface area contributed by atoms with Crippen LogP contribution in [0.4, 0.5) is 0 Å². The largest absolute Gasteiger partial charge is 0.376 e. The van der Waals surface area contributed by atoms with E-state index in [0.717, 1.165) is 64.5 Å². The van der Waals surface area contributed by atoms with Crippen molar-refractivity contribution in [1.29, 1.82) is 0 Å². The number of likely N-dealkylation sites (tertiary alicyclic amines) is 1. The van der Waals surface area contributed by atoms with Gasteiger partial charge in [0, 0.05) is 51.0 Å². The molecule has 0 aliphatic carbocycles. The molecule has 8 heteroatoms. The first-order valence-corrected chi connectivity index (χ1v) is 11.7. The number of halogens is 1. The summed E-state index contributed by atoms with van der Waals surface area (Å²) in [6.45, 7) is 8.88. The molecule has 0 amide bonds. The SMILES string of the molecule is CN=C(NCCc1csc(C(C)C)n1)N1CCC(OCC2CCCCO2)CC1.I. The molecule has 2 aliphatic heterocycles. The molecular weight excluding hydrogens is 499 g/mol. The molecule has 6 nitrogen and oxygen atoms in total. The maximum Gasteiger partial charge on any atom is 0.193 e. The highest BCUT2D eigenvalue weighted by Gasteiger charge is 2.23. The molecule has 1 atom stereocenters. The third kappa shape index (κ3) is 7.95. The van der Waals surface area contributed by atoms with Crippen LogP contribution in [0.5, 0.6) is 0 Å². The van der Waals surface area contributed by atoms with Gasteiger partial charge in [0.15, 0.2) is 5.96 Å². The minimum atomic E-state index is 0. The Labute approximate surface area is 196 Å². The van der Waals surface area contributed by atoms with Crippen LogP contribution < -0.4 is 5.32 Å². The number of hydrogen-bond donors (Lipinski definition) is 1. The molecule has 0 bridgehead atoms. The van der Waals surface area contributed by atoms with Crippen molar-refractivity contribution in [2.24, 2.45) is 4.99 Å². The summed E-state index contributed by atoms with van der Waals surface area (Å²) in [7, 11) is 1.87. The molecule has 0 saturated carbocycles. The fourth-order valence-electron chi connectivity index (χ4n) is 3.75. The smallest absolute Gasteiger partial charge is 0.193 e. The predicted molar refractivity (Wildman–Crippen MR) is 131 cm³/mol. The van der Waals surface area contributed by atoms with Crippen molar-refractivity contribution in [3.05, 3.63) is 16.1 Å². The Morgan fingerprint density at radius 3 is 2.76 bits per heavy atom. The van der Waals surface area contributed by atoms with Gasteiger partial charge in [-0.2, -0.15) is 0 Å². The summed E-state index contributed by atoms with van der Waals surface area (Å²) in [6, 6.07) is 0. The standard InChI is InChI=1S/C21H36N4O2S.HI/c1-16(2)20-24-17(15-28-20)7-10-23-21(22-3)25-11-8-18(9-12-25)27-14-19-6-4-5-13-26-19;/h15-16,18-19H,4-14H2,1-3H3,(H,22,23);1H. The lowest BCUT2D eigenvalue weighted by atomic mass is 10.1. The number of guanidine groups is 1. The van der Waals surface area contributed by atoms with Gasteiger partial charge < -0.3 is 19.7 Å². The first-order valence-electron chi connectivity index (χ1n) is 10.8. The number of thiazole rings is 1. The van der Waals surface area contributed by atoms with Crippen LogP contribution >= 0.6 is 35.3 Å². The molecule has 1 N–H and O–H groups in total. The van der Waals surface area contributed by atoms with Crippen LogP contribution in [0.2, 0.25) is 0 Å². The zero-order valence-corrected chi connectivity index (χ0v) is 21.2. The van der Waals surface area contributed by atoms with Crippen LogP contribution in [0.15, 0.2) is 10.4 Å². The lowest BCUT2D eigenvalue weighted by Crippen LogP contribution is -2.47. The lowest BCUT2D eigenvalue weighted by Gasteiger charge is -2.35. The van der Waals surface area contributed by atoms with E-state index in [2.05, 4.69) is 34.4 Å². The number of ether oxygens (including phenoxy) is 2. The van der Waals surface area contributed by atoms with Crippen LogP contribution in [-0.4, -0.2) is 67.9 Å². The predicted octanol–water partition coefficient (Wildman–Crippen LogP) is 4.05. The quantitative estimate of drug-likeness (QED) is 0.324. The third-order valence-electron chi connectivity index (χ3n) is 5.47. The second kappa shape index (κ2) is 13.1. The summed E-state index contributed by atoms with van der Waals surface area (Å²) in [5.74, 6) is 1.50. The van der Waals surface area contributed by atoms with Crippen LogP contribution in [0.1, 0.15) is 62.6 Å². The highest BCUT2D eigenvalue weighted by molar-refractivity contribution is 14.0. The molecule has 3 heterocycles. The number of piperidine rings is 1. The molecule has 29 heavy (non-hydrogen) atoms. The van der Waals surface area contributed by atoms with Gasteiger partial charge in [-0.15, -0.1) is 35.3 Å². The van der Waals surface area contributed by atoms with Crippen molar-refractivity contribution < 1.29 is 9.47 Å². The molecule has 1 aromatic rings.